The number of piperazine rings is 1. The lowest BCUT2D eigenvalue weighted by molar-refractivity contribution is 0.0590. The SMILES string of the molecule is O=C(c1ccco1)N1CCN(Cc2cc3cc(-c4cccnc4)ccc3o2)CC1. The van der Waals surface area contributed by atoms with Crippen LogP contribution in [0.3, 0.4) is 0 Å². The van der Waals surface area contributed by atoms with Gasteiger partial charge < -0.3 is 13.7 Å². The van der Waals surface area contributed by atoms with E-state index < -0.39 is 0 Å². The minimum absolute atomic E-state index is 0.0404. The van der Waals surface area contributed by atoms with E-state index in [1.807, 2.05) is 23.2 Å². The minimum Gasteiger partial charge on any atom is -0.460 e. The van der Waals surface area contributed by atoms with E-state index in [2.05, 4.69) is 34.1 Å². The molecule has 3 aromatic heterocycles. The first-order valence-corrected chi connectivity index (χ1v) is 9.74. The Morgan fingerprint density at radius 2 is 1.90 bits per heavy atom. The zero-order valence-corrected chi connectivity index (χ0v) is 16.0. The number of rotatable bonds is 4. The summed E-state index contributed by atoms with van der Waals surface area (Å²) in [6, 6.07) is 15.8. The molecule has 0 radical (unpaired) electrons. The lowest BCUT2D eigenvalue weighted by Crippen LogP contribution is -2.48. The van der Waals surface area contributed by atoms with Gasteiger partial charge in [0.15, 0.2) is 5.76 Å². The van der Waals surface area contributed by atoms with Crippen LogP contribution in [0, 0.1) is 0 Å². The van der Waals surface area contributed by atoms with Crippen molar-refractivity contribution < 1.29 is 13.6 Å². The highest BCUT2D eigenvalue weighted by atomic mass is 16.3. The van der Waals surface area contributed by atoms with E-state index in [0.29, 0.717) is 18.8 Å². The third-order valence-corrected chi connectivity index (χ3v) is 5.33. The number of amides is 1. The topological polar surface area (TPSA) is 62.7 Å². The number of aromatic nitrogens is 1. The van der Waals surface area contributed by atoms with Crippen molar-refractivity contribution in [1.82, 2.24) is 14.8 Å². The molecule has 0 saturated carbocycles. The van der Waals surface area contributed by atoms with Crippen molar-refractivity contribution in [3.05, 3.63) is 78.7 Å². The Hall–Kier alpha value is -3.38. The molecule has 146 valence electrons. The molecule has 1 aliphatic heterocycles. The molecule has 6 nitrogen and oxygen atoms in total. The fraction of sp³-hybridized carbons (Fsp3) is 0.217. The van der Waals surface area contributed by atoms with Gasteiger partial charge in [0.05, 0.1) is 12.8 Å². The Kier molecular flexibility index (Phi) is 4.62. The number of hydrogen-bond donors (Lipinski definition) is 0. The monoisotopic (exact) mass is 387 g/mol. The van der Waals surface area contributed by atoms with E-state index in [9.17, 15) is 4.79 Å². The minimum atomic E-state index is -0.0404. The smallest absolute Gasteiger partial charge is 0.289 e. The van der Waals surface area contributed by atoms with Crippen LogP contribution in [-0.4, -0.2) is 46.9 Å². The fourth-order valence-electron chi connectivity index (χ4n) is 3.77. The molecule has 0 spiro atoms. The van der Waals surface area contributed by atoms with Crippen LogP contribution >= 0.6 is 0 Å². The molecular weight excluding hydrogens is 366 g/mol. The molecule has 1 fully saturated rings. The Morgan fingerprint density at radius 1 is 1.00 bits per heavy atom. The first-order valence-electron chi connectivity index (χ1n) is 9.74. The first kappa shape index (κ1) is 17.7. The summed E-state index contributed by atoms with van der Waals surface area (Å²) >= 11 is 0. The number of hydrogen-bond acceptors (Lipinski definition) is 5. The van der Waals surface area contributed by atoms with E-state index in [4.69, 9.17) is 8.83 Å². The number of fused-ring (bicyclic) bond motifs is 1. The third-order valence-electron chi connectivity index (χ3n) is 5.33. The predicted molar refractivity (Wildman–Crippen MR) is 109 cm³/mol. The number of carbonyl (C=O) groups is 1. The van der Waals surface area contributed by atoms with Crippen molar-refractivity contribution in [2.24, 2.45) is 0 Å². The van der Waals surface area contributed by atoms with Crippen LogP contribution in [0.2, 0.25) is 0 Å². The van der Waals surface area contributed by atoms with Gasteiger partial charge in [0, 0.05) is 49.5 Å². The Balaban J connectivity index is 1.25. The zero-order chi connectivity index (χ0) is 19.6. The molecule has 1 aromatic carbocycles. The summed E-state index contributed by atoms with van der Waals surface area (Å²) in [4.78, 5) is 20.7. The highest BCUT2D eigenvalue weighted by Crippen LogP contribution is 2.27. The summed E-state index contributed by atoms with van der Waals surface area (Å²) in [6.45, 7) is 3.73. The van der Waals surface area contributed by atoms with Gasteiger partial charge >= 0.3 is 0 Å². The second kappa shape index (κ2) is 7.56. The summed E-state index contributed by atoms with van der Waals surface area (Å²) in [6.07, 6.45) is 5.18. The first-order chi connectivity index (χ1) is 14.3. The summed E-state index contributed by atoms with van der Waals surface area (Å²) in [5.74, 6) is 1.30. The molecule has 0 aliphatic carbocycles. The van der Waals surface area contributed by atoms with Crippen LogP contribution in [0.1, 0.15) is 16.3 Å². The van der Waals surface area contributed by atoms with Crippen LogP contribution in [-0.2, 0) is 6.54 Å². The van der Waals surface area contributed by atoms with Crippen molar-refractivity contribution in [2.45, 2.75) is 6.54 Å². The molecule has 1 aliphatic rings. The van der Waals surface area contributed by atoms with Crippen molar-refractivity contribution in [2.75, 3.05) is 26.2 Å². The van der Waals surface area contributed by atoms with Crippen LogP contribution in [0.5, 0.6) is 0 Å². The highest BCUT2D eigenvalue weighted by molar-refractivity contribution is 5.91. The van der Waals surface area contributed by atoms with Crippen LogP contribution < -0.4 is 0 Å². The number of carbonyl (C=O) groups excluding carboxylic acids is 1. The predicted octanol–water partition coefficient (Wildman–Crippen LogP) is 4.05. The maximum atomic E-state index is 12.4. The van der Waals surface area contributed by atoms with E-state index in [1.165, 1.54) is 6.26 Å². The van der Waals surface area contributed by atoms with Gasteiger partial charge in [-0.1, -0.05) is 12.1 Å². The molecule has 0 bridgehead atoms. The lowest BCUT2D eigenvalue weighted by Gasteiger charge is -2.33. The molecule has 6 heteroatoms. The van der Waals surface area contributed by atoms with Gasteiger partial charge in [-0.25, -0.2) is 0 Å². The van der Waals surface area contributed by atoms with E-state index in [1.54, 1.807) is 18.3 Å². The molecule has 0 unspecified atom stereocenters. The highest BCUT2D eigenvalue weighted by Gasteiger charge is 2.24. The second-order valence-corrected chi connectivity index (χ2v) is 7.25. The third kappa shape index (κ3) is 3.67. The van der Waals surface area contributed by atoms with Gasteiger partial charge in [-0.3, -0.25) is 14.7 Å². The average Bonchev–Trinajstić information content (AvgIpc) is 3.43. The zero-order valence-electron chi connectivity index (χ0n) is 16.0. The molecule has 5 rings (SSSR count). The maximum absolute atomic E-state index is 12.4. The lowest BCUT2D eigenvalue weighted by atomic mass is 10.1. The van der Waals surface area contributed by atoms with Gasteiger partial charge in [-0.05, 0) is 42.0 Å². The Morgan fingerprint density at radius 3 is 2.66 bits per heavy atom. The Labute approximate surface area is 168 Å². The normalized spacial score (nSPS) is 15.1. The van der Waals surface area contributed by atoms with Crippen molar-refractivity contribution in [3.8, 4) is 11.1 Å². The van der Waals surface area contributed by atoms with E-state index in [0.717, 1.165) is 47.5 Å². The Bertz CT molecular complexity index is 1110. The van der Waals surface area contributed by atoms with Crippen molar-refractivity contribution in [3.63, 3.8) is 0 Å². The van der Waals surface area contributed by atoms with Crippen molar-refractivity contribution >= 4 is 16.9 Å². The molecule has 1 amide bonds. The van der Waals surface area contributed by atoms with Crippen LogP contribution in [0.4, 0.5) is 0 Å². The maximum Gasteiger partial charge on any atom is 0.289 e. The van der Waals surface area contributed by atoms with Gasteiger partial charge in [0.25, 0.3) is 5.91 Å². The van der Waals surface area contributed by atoms with Gasteiger partial charge in [-0.2, -0.15) is 0 Å². The standard InChI is InChI=1S/C23H21N3O3/c27-23(22-4-2-12-28-22)26-10-8-25(9-11-26)16-20-14-19-13-17(5-6-21(19)29-20)18-3-1-7-24-15-18/h1-7,12-15H,8-11,16H2. The fourth-order valence-corrected chi connectivity index (χ4v) is 3.77. The van der Waals surface area contributed by atoms with Crippen LogP contribution in [0.25, 0.3) is 22.1 Å². The number of nitrogens with zero attached hydrogens (tertiary/aromatic N) is 3. The summed E-state index contributed by atoms with van der Waals surface area (Å²) in [5.41, 5.74) is 3.11. The van der Waals surface area contributed by atoms with Gasteiger partial charge in [0.2, 0.25) is 0 Å². The second-order valence-electron chi connectivity index (χ2n) is 7.25. The summed E-state index contributed by atoms with van der Waals surface area (Å²) in [5, 5.41) is 1.09. The molecule has 1 saturated heterocycles. The van der Waals surface area contributed by atoms with Gasteiger partial charge in [-0.15, -0.1) is 0 Å². The summed E-state index contributed by atoms with van der Waals surface area (Å²) in [7, 11) is 0. The van der Waals surface area contributed by atoms with E-state index in [-0.39, 0.29) is 5.91 Å². The molecule has 4 heterocycles. The largest absolute Gasteiger partial charge is 0.460 e. The van der Waals surface area contributed by atoms with E-state index >= 15 is 0 Å². The quantitative estimate of drug-likeness (QED) is 0.529. The number of pyridine rings is 1. The molecule has 29 heavy (non-hydrogen) atoms. The number of benzene rings is 1. The molecule has 0 N–H and O–H groups in total. The van der Waals surface area contributed by atoms with Crippen molar-refractivity contribution in [1.29, 1.82) is 0 Å². The molecular formula is C23H21N3O3. The number of furan rings is 2. The molecule has 4 aromatic rings. The molecule has 0 atom stereocenters. The van der Waals surface area contributed by atoms with Gasteiger partial charge in [0.1, 0.15) is 11.3 Å². The summed E-state index contributed by atoms with van der Waals surface area (Å²) < 4.78 is 11.3. The average molecular weight is 387 g/mol. The van der Waals surface area contributed by atoms with Crippen LogP contribution in [0.15, 0.2) is 76.0 Å².